The van der Waals surface area contributed by atoms with Gasteiger partial charge < -0.3 is 24.4 Å². The van der Waals surface area contributed by atoms with Gasteiger partial charge in [0.2, 0.25) is 0 Å². The van der Waals surface area contributed by atoms with Crippen molar-refractivity contribution in [3.05, 3.63) is 11.6 Å². The molecule has 7 heteroatoms. The smallest absolute Gasteiger partial charge is 0.118 e. The van der Waals surface area contributed by atoms with Gasteiger partial charge in [-0.1, -0.05) is 27.7 Å². The Labute approximate surface area is 166 Å². The van der Waals surface area contributed by atoms with Crippen molar-refractivity contribution >= 4 is 18.9 Å². The van der Waals surface area contributed by atoms with Crippen molar-refractivity contribution in [2.75, 3.05) is 0 Å². The van der Waals surface area contributed by atoms with Gasteiger partial charge in [0.05, 0.1) is 17.8 Å². The first kappa shape index (κ1) is 20.7. The highest BCUT2D eigenvalue weighted by Gasteiger charge is 2.76. The van der Waals surface area contributed by atoms with Crippen LogP contribution < -0.4 is 0 Å². The van der Waals surface area contributed by atoms with Crippen LogP contribution in [0, 0.1) is 35.0 Å². The van der Waals surface area contributed by atoms with E-state index in [2.05, 4.69) is 39.7 Å². The lowest BCUT2D eigenvalue weighted by Crippen LogP contribution is -2.57. The Morgan fingerprint density at radius 2 is 1.74 bits per heavy atom. The van der Waals surface area contributed by atoms with Gasteiger partial charge in [0.15, 0.2) is 0 Å². The summed E-state index contributed by atoms with van der Waals surface area (Å²) in [6.07, 6.45) is 1.49. The minimum Gasteiger partial charge on any atom is -0.389 e. The number of hydrogen-bond donors (Lipinski definition) is 3. The van der Waals surface area contributed by atoms with Gasteiger partial charge in [-0.15, -0.1) is 0 Å². The zero-order valence-corrected chi connectivity index (χ0v) is 19.2. The maximum atomic E-state index is 11.7. The van der Waals surface area contributed by atoms with Crippen molar-refractivity contribution in [1.82, 2.24) is 0 Å². The van der Waals surface area contributed by atoms with Crippen LogP contribution in [0.15, 0.2) is 11.6 Å². The summed E-state index contributed by atoms with van der Waals surface area (Å²) in [6, 6.07) is 0. The van der Waals surface area contributed by atoms with Gasteiger partial charge >= 0.3 is 0 Å². The fourth-order valence-corrected chi connectivity index (χ4v) is 8.18. The lowest BCUT2D eigenvalue weighted by atomic mass is 9.62. The van der Waals surface area contributed by atoms with E-state index in [1.807, 2.05) is 6.92 Å². The molecule has 0 aromatic rings. The van der Waals surface area contributed by atoms with E-state index in [0.29, 0.717) is 17.4 Å². The van der Waals surface area contributed by atoms with E-state index >= 15 is 0 Å². The monoisotopic (exact) mass is 416 g/mol. The normalized spacial score (nSPS) is 58.6. The van der Waals surface area contributed by atoms with Gasteiger partial charge in [0, 0.05) is 37.2 Å². The molecule has 4 rings (SSSR count). The molecule has 0 spiro atoms. The van der Waals surface area contributed by atoms with Gasteiger partial charge in [0.1, 0.15) is 11.2 Å². The summed E-state index contributed by atoms with van der Waals surface area (Å²) in [5.41, 5.74) is -2.72. The molecule has 4 aliphatic carbocycles. The minimum absolute atomic E-state index is 0.0184. The molecule has 27 heavy (non-hydrogen) atoms. The van der Waals surface area contributed by atoms with Crippen LogP contribution in [0.3, 0.4) is 0 Å². The average Bonchev–Trinajstić information content (AvgIpc) is 3.00. The molecule has 0 aromatic carbocycles. The summed E-state index contributed by atoms with van der Waals surface area (Å²) < 4.78 is 12.2. The summed E-state index contributed by atoms with van der Waals surface area (Å²) in [6.45, 7) is 10.4. The first-order valence-electron chi connectivity index (χ1n) is 9.98. The molecule has 4 aliphatic rings. The third-order valence-electron chi connectivity index (χ3n) is 8.54. The van der Waals surface area contributed by atoms with Crippen LogP contribution in [-0.4, -0.2) is 44.3 Å². The largest absolute Gasteiger partial charge is 0.389 e. The number of rotatable bonds is 2. The predicted octanol–water partition coefficient (Wildman–Crippen LogP) is 2.46. The number of aliphatic hydroxyl groups excluding tert-OH is 1. The Bertz CT molecular complexity index is 679. The van der Waals surface area contributed by atoms with E-state index in [0.717, 1.165) is 6.42 Å². The number of aliphatic hydroxyl groups is 3. The summed E-state index contributed by atoms with van der Waals surface area (Å²) >= 11 is 0. The van der Waals surface area contributed by atoms with Crippen LogP contribution in [0.5, 0.6) is 0 Å². The van der Waals surface area contributed by atoms with E-state index in [-0.39, 0.29) is 35.7 Å². The summed E-state index contributed by atoms with van der Waals surface area (Å²) in [5.74, 6) is 0.749. The summed E-state index contributed by atoms with van der Waals surface area (Å²) in [5, 5.41) is 33.8. The molecule has 0 aromatic heterocycles. The van der Waals surface area contributed by atoms with Gasteiger partial charge in [-0.25, -0.2) is 0 Å². The minimum atomic E-state index is -1.53. The fourth-order valence-electron chi connectivity index (χ4n) is 7.25. The lowest BCUT2D eigenvalue weighted by Gasteiger charge is -2.51. The third kappa shape index (κ3) is 2.43. The van der Waals surface area contributed by atoms with Crippen molar-refractivity contribution in [2.45, 2.75) is 76.5 Å². The Morgan fingerprint density at radius 1 is 1.11 bits per heavy atom. The summed E-state index contributed by atoms with van der Waals surface area (Å²) in [4.78, 5) is 0. The van der Waals surface area contributed by atoms with Crippen LogP contribution in [0.2, 0.25) is 0 Å². The van der Waals surface area contributed by atoms with Crippen molar-refractivity contribution in [3.8, 4) is 0 Å². The van der Waals surface area contributed by atoms with Crippen molar-refractivity contribution in [1.29, 1.82) is 0 Å². The van der Waals surface area contributed by atoms with Crippen LogP contribution >= 0.6 is 18.9 Å². The molecule has 0 amide bonds. The zero-order valence-electron chi connectivity index (χ0n) is 16.8. The molecule has 5 nitrogen and oxygen atoms in total. The fraction of sp³-hybridized carbons (Fsp3) is 0.900. The maximum Gasteiger partial charge on any atom is 0.118 e. The van der Waals surface area contributed by atoms with E-state index in [9.17, 15) is 15.3 Å². The molecule has 3 fully saturated rings. The second kappa shape index (κ2) is 5.97. The predicted molar refractivity (Wildman–Crippen MR) is 110 cm³/mol. The SMILES string of the molecule is C[C@H]1[C@@H](OP)[C@H]2[C@@H]3[C@@H](C[C@@H](C)[C@]2(OP)C2=C[C@@](C)(O)C[C@@]2(O)[C@@H]1O)C3(C)C. The molecule has 0 radical (unpaired) electrons. The van der Waals surface area contributed by atoms with E-state index in [4.69, 9.17) is 9.05 Å². The number of fused-ring (bicyclic) bond motifs is 5. The highest BCUT2D eigenvalue weighted by Crippen LogP contribution is 2.75. The molecular weight excluding hydrogens is 382 g/mol. The first-order chi connectivity index (χ1) is 12.4. The molecule has 0 bridgehead atoms. The van der Waals surface area contributed by atoms with Crippen molar-refractivity contribution in [3.63, 3.8) is 0 Å². The molecular formula is C20H34O5P2. The highest BCUT2D eigenvalue weighted by atomic mass is 31.0. The Balaban J connectivity index is 1.99. The van der Waals surface area contributed by atoms with Gasteiger partial charge in [-0.3, -0.25) is 0 Å². The summed E-state index contributed by atoms with van der Waals surface area (Å²) in [7, 11) is 4.80. The van der Waals surface area contributed by atoms with E-state index < -0.39 is 22.9 Å². The van der Waals surface area contributed by atoms with Gasteiger partial charge in [-0.05, 0) is 48.2 Å². The van der Waals surface area contributed by atoms with Crippen LogP contribution in [0.25, 0.3) is 0 Å². The van der Waals surface area contributed by atoms with E-state index in [1.54, 1.807) is 13.0 Å². The second-order valence-electron chi connectivity index (χ2n) is 10.4. The average molecular weight is 416 g/mol. The molecule has 0 heterocycles. The standard InChI is InChI=1S/C20H34O5P2/c1-9-6-11-13(17(11,3)4)14-15(24-26)10(2)16(21)19(23)8-18(5,22)7-12(19)20(9,14)25-27/h7,9-11,13-16,21-23H,6,8,26-27H2,1-5H3/t9-,10+,11-,13+,14-,15-,16-,18-,19+,20+/m1/s1. The van der Waals surface area contributed by atoms with E-state index in [1.165, 1.54) is 0 Å². The van der Waals surface area contributed by atoms with Crippen LogP contribution in [-0.2, 0) is 9.05 Å². The molecule has 3 saturated carbocycles. The van der Waals surface area contributed by atoms with Crippen LogP contribution in [0.1, 0.15) is 47.5 Å². The van der Waals surface area contributed by atoms with Crippen molar-refractivity contribution in [2.24, 2.45) is 35.0 Å². The van der Waals surface area contributed by atoms with Gasteiger partial charge in [-0.2, -0.15) is 0 Å². The quantitative estimate of drug-likeness (QED) is 0.476. The second-order valence-corrected chi connectivity index (χ2v) is 11.0. The molecule has 0 saturated heterocycles. The third-order valence-corrected chi connectivity index (χ3v) is 9.25. The Hall–Kier alpha value is 0.400. The van der Waals surface area contributed by atoms with Crippen molar-refractivity contribution < 1.29 is 24.4 Å². The molecule has 12 atom stereocenters. The topological polar surface area (TPSA) is 79.2 Å². The van der Waals surface area contributed by atoms with Gasteiger partial charge in [0.25, 0.3) is 0 Å². The molecule has 3 N–H and O–H groups in total. The Morgan fingerprint density at radius 3 is 2.30 bits per heavy atom. The molecule has 154 valence electrons. The molecule has 2 unspecified atom stereocenters. The number of hydrogen-bond acceptors (Lipinski definition) is 5. The zero-order chi connectivity index (χ0) is 20.2. The lowest BCUT2D eigenvalue weighted by molar-refractivity contribution is -0.105. The Kier molecular flexibility index (Phi) is 4.57. The first-order valence-corrected chi connectivity index (χ1v) is 10.9. The molecule has 0 aliphatic heterocycles. The maximum absolute atomic E-state index is 11.7. The van der Waals surface area contributed by atoms with Crippen LogP contribution in [0.4, 0.5) is 0 Å². The highest BCUT2D eigenvalue weighted by molar-refractivity contribution is 7.10.